The Hall–Kier alpha value is -1.66. The summed E-state index contributed by atoms with van der Waals surface area (Å²) in [5, 5.41) is 13.1. The normalized spacial score (nSPS) is 10.3. The van der Waals surface area contributed by atoms with Crippen molar-refractivity contribution in [2.45, 2.75) is 19.8 Å². The predicted octanol–water partition coefficient (Wildman–Crippen LogP) is 2.45. The van der Waals surface area contributed by atoms with Gasteiger partial charge in [0.15, 0.2) is 11.7 Å². The van der Waals surface area contributed by atoms with E-state index in [0.29, 0.717) is 11.0 Å². The Kier molecular flexibility index (Phi) is 5.72. The molecule has 19 heavy (non-hydrogen) atoms. The SMILES string of the molecule is CC(C)c1ccccc1NC(=S)N(C)OCC(=O)O. The molecule has 0 saturated carbocycles. The number of thiocarbonyl (C=S) groups is 1. The highest BCUT2D eigenvalue weighted by molar-refractivity contribution is 7.80. The van der Waals surface area contributed by atoms with Crippen LogP contribution in [0.3, 0.4) is 0 Å². The number of nitrogens with zero attached hydrogens (tertiary/aromatic N) is 1. The molecular formula is C13H18N2O3S. The summed E-state index contributed by atoms with van der Waals surface area (Å²) in [6.07, 6.45) is 0. The Labute approximate surface area is 118 Å². The summed E-state index contributed by atoms with van der Waals surface area (Å²) in [7, 11) is 1.57. The van der Waals surface area contributed by atoms with Crippen LogP contribution in [0.25, 0.3) is 0 Å². The van der Waals surface area contributed by atoms with Crippen molar-refractivity contribution in [3.8, 4) is 0 Å². The van der Waals surface area contributed by atoms with E-state index in [0.717, 1.165) is 11.3 Å². The molecule has 2 N–H and O–H groups in total. The summed E-state index contributed by atoms with van der Waals surface area (Å²) in [4.78, 5) is 15.4. The highest BCUT2D eigenvalue weighted by Crippen LogP contribution is 2.23. The fourth-order valence-electron chi connectivity index (χ4n) is 1.52. The van der Waals surface area contributed by atoms with Crippen LogP contribution in [-0.4, -0.2) is 34.9 Å². The Morgan fingerprint density at radius 2 is 2.11 bits per heavy atom. The lowest BCUT2D eigenvalue weighted by Crippen LogP contribution is -2.33. The molecule has 0 bridgehead atoms. The number of hydroxylamine groups is 2. The third-order valence-electron chi connectivity index (χ3n) is 2.49. The number of carbonyl (C=O) groups is 1. The summed E-state index contributed by atoms with van der Waals surface area (Å²) in [5.41, 5.74) is 2.03. The molecule has 1 rings (SSSR count). The quantitative estimate of drug-likeness (QED) is 0.639. The van der Waals surface area contributed by atoms with E-state index < -0.39 is 12.6 Å². The molecule has 0 heterocycles. The van der Waals surface area contributed by atoms with Gasteiger partial charge in [0.2, 0.25) is 0 Å². The van der Waals surface area contributed by atoms with E-state index in [1.165, 1.54) is 5.06 Å². The number of carboxylic acid groups (broad SMARTS) is 1. The van der Waals surface area contributed by atoms with Crippen molar-refractivity contribution < 1.29 is 14.7 Å². The Bertz CT molecular complexity index is 463. The van der Waals surface area contributed by atoms with Crippen molar-refractivity contribution in [1.82, 2.24) is 5.06 Å². The average molecular weight is 282 g/mol. The number of hydrogen-bond donors (Lipinski definition) is 2. The van der Waals surface area contributed by atoms with Crippen LogP contribution in [0.1, 0.15) is 25.3 Å². The Morgan fingerprint density at radius 3 is 2.68 bits per heavy atom. The fraction of sp³-hybridized carbons (Fsp3) is 0.385. The topological polar surface area (TPSA) is 61.8 Å². The third kappa shape index (κ3) is 4.84. The first-order valence-corrected chi connectivity index (χ1v) is 6.31. The van der Waals surface area contributed by atoms with Gasteiger partial charge in [0, 0.05) is 12.7 Å². The maximum absolute atomic E-state index is 10.4. The number of anilines is 1. The standard InChI is InChI=1S/C13H18N2O3S/c1-9(2)10-6-4-5-7-11(10)14-13(19)15(3)18-8-12(16)17/h4-7,9H,8H2,1-3H3,(H,14,19)(H,16,17). The number of para-hydroxylation sites is 1. The molecule has 6 heteroatoms. The van der Waals surface area contributed by atoms with Crippen molar-refractivity contribution in [3.05, 3.63) is 29.8 Å². The van der Waals surface area contributed by atoms with Crippen LogP contribution in [0, 0.1) is 0 Å². The van der Waals surface area contributed by atoms with Gasteiger partial charge in [-0.25, -0.2) is 9.86 Å². The first kappa shape index (κ1) is 15.4. The van der Waals surface area contributed by atoms with Crippen molar-refractivity contribution in [2.75, 3.05) is 19.0 Å². The molecule has 0 aromatic heterocycles. The summed E-state index contributed by atoms with van der Waals surface area (Å²) >= 11 is 5.15. The Morgan fingerprint density at radius 1 is 1.47 bits per heavy atom. The third-order valence-corrected chi connectivity index (χ3v) is 2.85. The summed E-state index contributed by atoms with van der Waals surface area (Å²) in [6.45, 7) is 3.76. The molecule has 0 aliphatic heterocycles. The molecule has 0 aliphatic rings. The highest BCUT2D eigenvalue weighted by atomic mass is 32.1. The number of nitrogens with one attached hydrogen (secondary N) is 1. The maximum Gasteiger partial charge on any atom is 0.332 e. The summed E-state index contributed by atoms with van der Waals surface area (Å²) in [6, 6.07) is 7.82. The predicted molar refractivity (Wildman–Crippen MR) is 78.1 cm³/mol. The zero-order valence-electron chi connectivity index (χ0n) is 11.2. The number of carboxylic acids is 1. The van der Waals surface area contributed by atoms with E-state index in [4.69, 9.17) is 22.2 Å². The molecule has 0 aliphatic carbocycles. The number of benzene rings is 1. The number of aliphatic carboxylic acids is 1. The molecule has 0 atom stereocenters. The zero-order valence-corrected chi connectivity index (χ0v) is 12.0. The lowest BCUT2D eigenvalue weighted by Gasteiger charge is -2.21. The second kappa shape index (κ2) is 7.06. The van der Waals surface area contributed by atoms with Crippen molar-refractivity contribution in [2.24, 2.45) is 0 Å². The van der Waals surface area contributed by atoms with Gasteiger partial charge in [-0.1, -0.05) is 32.0 Å². The van der Waals surface area contributed by atoms with E-state index in [1.54, 1.807) is 7.05 Å². The summed E-state index contributed by atoms with van der Waals surface area (Å²) < 4.78 is 0. The van der Waals surface area contributed by atoms with Crippen molar-refractivity contribution >= 4 is 29.0 Å². The summed E-state index contributed by atoms with van der Waals surface area (Å²) in [5.74, 6) is -0.686. The van der Waals surface area contributed by atoms with Crippen LogP contribution in [0.4, 0.5) is 5.69 Å². The molecule has 104 valence electrons. The minimum absolute atomic E-state index is 0.314. The molecule has 0 amide bonds. The molecule has 0 radical (unpaired) electrons. The fourth-order valence-corrected chi connectivity index (χ4v) is 1.68. The van der Waals surface area contributed by atoms with Gasteiger partial charge in [-0.2, -0.15) is 0 Å². The molecule has 0 saturated heterocycles. The zero-order chi connectivity index (χ0) is 14.4. The van der Waals surface area contributed by atoms with Gasteiger partial charge < -0.3 is 10.4 Å². The molecule has 1 aromatic carbocycles. The molecule has 1 aromatic rings. The lowest BCUT2D eigenvalue weighted by atomic mass is 10.0. The van der Waals surface area contributed by atoms with Gasteiger partial charge in [-0.05, 0) is 29.8 Å². The van der Waals surface area contributed by atoms with Crippen LogP contribution in [-0.2, 0) is 9.63 Å². The smallest absolute Gasteiger partial charge is 0.332 e. The minimum Gasteiger partial charge on any atom is -0.479 e. The van der Waals surface area contributed by atoms with Gasteiger partial charge in [-0.3, -0.25) is 4.84 Å². The average Bonchev–Trinajstić information content (AvgIpc) is 2.36. The largest absolute Gasteiger partial charge is 0.479 e. The van der Waals surface area contributed by atoms with Crippen LogP contribution in [0.15, 0.2) is 24.3 Å². The van der Waals surface area contributed by atoms with E-state index >= 15 is 0 Å². The van der Waals surface area contributed by atoms with Crippen LogP contribution < -0.4 is 5.32 Å². The van der Waals surface area contributed by atoms with Gasteiger partial charge in [0.25, 0.3) is 0 Å². The van der Waals surface area contributed by atoms with Crippen molar-refractivity contribution in [3.63, 3.8) is 0 Å². The Balaban J connectivity index is 2.69. The first-order valence-electron chi connectivity index (χ1n) is 5.90. The molecule has 0 fully saturated rings. The molecule has 0 spiro atoms. The van der Waals surface area contributed by atoms with E-state index in [-0.39, 0.29) is 0 Å². The first-order chi connectivity index (χ1) is 8.91. The van der Waals surface area contributed by atoms with Crippen LogP contribution >= 0.6 is 12.2 Å². The van der Waals surface area contributed by atoms with E-state index in [9.17, 15) is 4.79 Å². The number of hydrogen-bond acceptors (Lipinski definition) is 3. The monoisotopic (exact) mass is 282 g/mol. The highest BCUT2D eigenvalue weighted by Gasteiger charge is 2.11. The lowest BCUT2D eigenvalue weighted by molar-refractivity contribution is -0.155. The second-order valence-corrected chi connectivity index (χ2v) is 4.72. The van der Waals surface area contributed by atoms with E-state index in [2.05, 4.69) is 19.2 Å². The molecule has 5 nitrogen and oxygen atoms in total. The molecular weight excluding hydrogens is 264 g/mol. The van der Waals surface area contributed by atoms with Gasteiger partial charge in [-0.15, -0.1) is 0 Å². The maximum atomic E-state index is 10.4. The molecule has 0 unspecified atom stereocenters. The number of rotatable bonds is 5. The minimum atomic E-state index is -1.04. The van der Waals surface area contributed by atoms with Gasteiger partial charge in [0.05, 0.1) is 0 Å². The van der Waals surface area contributed by atoms with Gasteiger partial charge in [0.1, 0.15) is 0 Å². The van der Waals surface area contributed by atoms with Crippen LogP contribution in [0.5, 0.6) is 0 Å². The van der Waals surface area contributed by atoms with Crippen LogP contribution in [0.2, 0.25) is 0 Å². The van der Waals surface area contributed by atoms with Gasteiger partial charge >= 0.3 is 5.97 Å². The van der Waals surface area contributed by atoms with E-state index in [1.807, 2.05) is 24.3 Å². The second-order valence-electron chi connectivity index (χ2n) is 4.34. The van der Waals surface area contributed by atoms with Crippen molar-refractivity contribution in [1.29, 1.82) is 0 Å².